The number of aliphatic hydroxyl groups excluding tert-OH is 2. The van der Waals surface area contributed by atoms with Gasteiger partial charge in [-0.05, 0) is 88.1 Å². The molecule has 0 aliphatic carbocycles. The SMILES string of the molecule is C=CC(=O)CC[C@@H]1C[C@@H]2O[C@H](COCc3ccccc3)[C@@H](OCc3ccccc3)[C@@H]2O1.C=CC(=O)CC[C@H]1C[C@@H]2O[C@H](COCc3ccccc3)[C@@H](OCc3ccccc3)[C@@H]2O1.C=CC(=O)NC[C@@H]1C[C@@H]2O[C@H](CO)[C@@H](OCc3ccccc3)[C@@H]2O1.C=CC(=O)NC[C@H]1C[C@@H]2O[C@H](CO)[C@@H](OCc3ccccc3)[C@@H]2O1.C=CS(=O)(=O)CC[C@@H]1C[C@@H]2O[C@H](COCc3ccccc3)[C@@H](OCc3ccccc3)[C@@H]2O1. The van der Waals surface area contributed by atoms with Crippen LogP contribution in [0.3, 0.4) is 0 Å². The molecule has 28 nitrogen and oxygen atoms in total. The summed E-state index contributed by atoms with van der Waals surface area (Å²) in [4.78, 5) is 45.7. The Morgan fingerprint density at radius 3 is 0.768 bits per heavy atom. The first-order valence-corrected chi connectivity index (χ1v) is 51.0. The van der Waals surface area contributed by atoms with Gasteiger partial charge in [0.1, 0.15) is 91.6 Å². The zero-order chi connectivity index (χ0) is 99.2. The monoisotopic (exact) mass is 1970 g/mol. The molecule has 8 aromatic rings. The number of hydrogen-bond donors (Lipinski definition) is 4. The van der Waals surface area contributed by atoms with Crippen molar-refractivity contribution in [1.82, 2.24) is 10.6 Å². The number of allylic oxidation sites excluding steroid dienone is 2. The molecule has 10 aliphatic heterocycles. The van der Waals surface area contributed by atoms with Gasteiger partial charge < -0.3 is 106 Å². The molecule has 18 rings (SSSR count). The van der Waals surface area contributed by atoms with Crippen molar-refractivity contribution in [2.75, 3.05) is 51.9 Å². The van der Waals surface area contributed by atoms with Gasteiger partial charge in [-0.15, -0.1) is 0 Å². The number of sulfone groups is 1. The molecule has 29 heteroatoms. The maximum atomic E-state index is 11.8. The normalized spacial score (nSPS) is 28.7. The van der Waals surface area contributed by atoms with Gasteiger partial charge in [-0.3, -0.25) is 19.2 Å². The molecule has 4 N–H and O–H groups in total. The summed E-state index contributed by atoms with van der Waals surface area (Å²) in [5.41, 5.74) is 8.79. The van der Waals surface area contributed by atoms with Crippen molar-refractivity contribution in [3.8, 4) is 0 Å². The molecule has 10 saturated heterocycles. The summed E-state index contributed by atoms with van der Waals surface area (Å²) in [6, 6.07) is 80.1. The van der Waals surface area contributed by atoms with Crippen molar-refractivity contribution in [3.63, 3.8) is 0 Å². The number of ketones is 2. The van der Waals surface area contributed by atoms with Gasteiger partial charge in [0.2, 0.25) is 11.8 Å². The minimum atomic E-state index is -3.25. The molecule has 0 bridgehead atoms. The number of carbonyl (C=O) groups is 4. The highest BCUT2D eigenvalue weighted by Gasteiger charge is 2.57. The number of amides is 2. The number of hydrogen-bond acceptors (Lipinski definition) is 26. The fourth-order valence-electron chi connectivity index (χ4n) is 19.2. The third-order valence-electron chi connectivity index (χ3n) is 26.5. The molecule has 8 aromatic carbocycles. The molecule has 0 unspecified atom stereocenters. The van der Waals surface area contributed by atoms with Crippen molar-refractivity contribution in [1.29, 1.82) is 0 Å². The topological polar surface area (TPSA) is 333 Å². The fraction of sp³-hybridized carbons (Fsp3) is 0.451. The van der Waals surface area contributed by atoms with E-state index < -0.39 is 9.84 Å². The molecule has 10 aliphatic rings. The van der Waals surface area contributed by atoms with Crippen molar-refractivity contribution in [3.05, 3.63) is 350 Å². The zero-order valence-electron chi connectivity index (χ0n) is 80.4. The average molecular weight is 1970 g/mol. The molecular weight excluding hydrogens is 1830 g/mol. The van der Waals surface area contributed by atoms with Crippen molar-refractivity contribution in [2.45, 2.75) is 270 Å². The summed E-state index contributed by atoms with van der Waals surface area (Å²) < 4.78 is 134. The zero-order valence-corrected chi connectivity index (χ0v) is 81.3. The van der Waals surface area contributed by atoms with Crippen LogP contribution in [0.1, 0.15) is 109 Å². The Labute approximate surface area is 833 Å². The van der Waals surface area contributed by atoms with Crippen molar-refractivity contribution < 1.29 is 123 Å². The number of fused-ring (bicyclic) bond motifs is 5. The third-order valence-corrected chi connectivity index (χ3v) is 27.8. The summed E-state index contributed by atoms with van der Waals surface area (Å²) in [5.74, 6) is -0.320. The van der Waals surface area contributed by atoms with E-state index >= 15 is 0 Å². The molecule has 142 heavy (non-hydrogen) atoms. The minimum absolute atomic E-state index is 0.00733. The van der Waals surface area contributed by atoms with Crippen molar-refractivity contribution >= 4 is 33.2 Å². The predicted octanol–water partition coefficient (Wildman–Crippen LogP) is 13.7. The molecule has 10 heterocycles. The molecule has 0 saturated carbocycles. The second-order valence-electron chi connectivity index (χ2n) is 36.7. The Morgan fingerprint density at radius 1 is 0.303 bits per heavy atom. The lowest BCUT2D eigenvalue weighted by Gasteiger charge is -2.24. The van der Waals surface area contributed by atoms with Crippen LogP contribution in [0.2, 0.25) is 0 Å². The Kier molecular flexibility index (Phi) is 42.7. The summed E-state index contributed by atoms with van der Waals surface area (Å²) >= 11 is 0. The van der Waals surface area contributed by atoms with E-state index in [1.165, 1.54) is 24.3 Å². The van der Waals surface area contributed by atoms with E-state index in [0.29, 0.717) is 137 Å². The number of benzene rings is 8. The van der Waals surface area contributed by atoms with E-state index in [-0.39, 0.29) is 195 Å². The maximum Gasteiger partial charge on any atom is 0.243 e. The number of nitrogens with one attached hydrogen (secondary N) is 2. The van der Waals surface area contributed by atoms with Gasteiger partial charge in [0.15, 0.2) is 21.4 Å². The van der Waals surface area contributed by atoms with Crippen LogP contribution in [-0.2, 0) is 167 Å². The van der Waals surface area contributed by atoms with Crippen LogP contribution in [0, 0.1) is 0 Å². The van der Waals surface area contributed by atoms with E-state index in [1.807, 2.05) is 243 Å². The number of rotatable bonds is 47. The van der Waals surface area contributed by atoms with Gasteiger partial charge in [0.25, 0.3) is 0 Å². The van der Waals surface area contributed by atoms with E-state index in [0.717, 1.165) is 62.8 Å². The van der Waals surface area contributed by atoms with Crippen LogP contribution in [0.4, 0.5) is 0 Å². The van der Waals surface area contributed by atoms with Crippen molar-refractivity contribution in [2.24, 2.45) is 0 Å². The van der Waals surface area contributed by atoms with E-state index in [4.69, 9.17) is 85.3 Å². The number of carbonyl (C=O) groups excluding carboxylic acids is 4. The standard InChI is InChI=1S/2C26H30O5.C25H30O6S.2C18H23NO5/c2*1-2-21(27)13-14-22-15-23-26(30-22)25(29-17-20-11-7-4-8-12-20)24(31-23)18-28-16-19-9-5-3-6-10-19;1-2-32(26,27)14-13-21-15-22-25(30-21)24(29-17-20-11-7-4-8-12-20)23(31-22)18-28-16-19-9-5-3-6-10-19;2*1-2-16(21)19-9-13-8-14-18(23-13)17(15(10-20)24-14)22-11-12-6-4-3-5-7-12/h2*2-12,22-26H,1,13-18H2;2-12,21-25H,1,13-18H2;2*2-7,13-15,17-18,20H,1,8-11H2,(H,19,21)/t22-,23+,24-,25-,26-;22-,23-,24+,25+,26+;21-,22+,23-,24-,25-;13-,14+,15-,17-,18-;13-,14-,15+,17+,18+/m10110/s1. The molecule has 25 atom stereocenters. The molecule has 2 amide bonds. The van der Waals surface area contributed by atoms with Gasteiger partial charge in [-0.1, -0.05) is 276 Å². The summed E-state index contributed by atoms with van der Waals surface area (Å²) in [6.45, 7) is 23.1. The molecule has 0 aromatic heterocycles. The smallest absolute Gasteiger partial charge is 0.243 e. The highest BCUT2D eigenvalue weighted by Crippen LogP contribution is 2.43. The Hall–Kier alpha value is -10.1. The molecule has 760 valence electrons. The first-order chi connectivity index (χ1) is 69.4. The van der Waals surface area contributed by atoms with E-state index in [2.05, 4.69) is 43.5 Å². The van der Waals surface area contributed by atoms with Gasteiger partial charge in [-0.2, -0.15) is 0 Å². The van der Waals surface area contributed by atoms with Gasteiger partial charge >= 0.3 is 0 Å². The molecule has 0 spiro atoms. The largest absolute Gasteiger partial charge is 0.394 e. The Balaban J connectivity index is 0.000000142. The second kappa shape index (κ2) is 56.4. The number of ether oxygens (including phenoxy) is 18. The van der Waals surface area contributed by atoms with Crippen LogP contribution in [-0.4, -0.2) is 246 Å². The fourth-order valence-corrected chi connectivity index (χ4v) is 20.0. The Bertz CT molecular complexity index is 5020. The maximum absolute atomic E-state index is 11.8. The summed E-state index contributed by atoms with van der Waals surface area (Å²) in [7, 11) is -3.25. The summed E-state index contributed by atoms with van der Waals surface area (Å²) in [6.07, 6.45) is 6.95. The van der Waals surface area contributed by atoms with Gasteiger partial charge in [-0.25, -0.2) is 8.42 Å². The van der Waals surface area contributed by atoms with Crippen LogP contribution in [0.15, 0.2) is 305 Å². The van der Waals surface area contributed by atoms with Gasteiger partial charge in [0.05, 0.1) is 153 Å². The predicted molar refractivity (Wildman–Crippen MR) is 531 cm³/mol. The number of aliphatic hydroxyl groups is 2. The molecule has 0 radical (unpaired) electrons. The van der Waals surface area contributed by atoms with Crippen LogP contribution < -0.4 is 10.6 Å². The molecular formula is C113H136N2O26S. The van der Waals surface area contributed by atoms with Crippen LogP contribution in [0.5, 0.6) is 0 Å². The average Bonchev–Trinajstić information content (AvgIpc) is 1.44. The van der Waals surface area contributed by atoms with Crippen LogP contribution >= 0.6 is 0 Å². The summed E-state index contributed by atoms with van der Waals surface area (Å²) in [5, 5.41) is 25.5. The highest BCUT2D eigenvalue weighted by molar-refractivity contribution is 7.94. The lowest BCUT2D eigenvalue weighted by Crippen LogP contribution is -2.38. The lowest BCUT2D eigenvalue weighted by atomic mass is 10.0. The van der Waals surface area contributed by atoms with Crippen LogP contribution in [0.25, 0.3) is 0 Å². The minimum Gasteiger partial charge on any atom is -0.394 e. The lowest BCUT2D eigenvalue weighted by molar-refractivity contribution is -0.118. The van der Waals surface area contributed by atoms with Gasteiger partial charge in [0, 0.05) is 63.4 Å². The third kappa shape index (κ3) is 32.4. The first-order valence-electron chi connectivity index (χ1n) is 49.3. The quantitative estimate of drug-likeness (QED) is 0.0257. The Morgan fingerprint density at radius 2 is 0.528 bits per heavy atom. The molecule has 10 fully saturated rings. The van der Waals surface area contributed by atoms with E-state index in [1.54, 1.807) is 0 Å². The second-order valence-corrected chi connectivity index (χ2v) is 38.7. The van der Waals surface area contributed by atoms with E-state index in [9.17, 15) is 37.8 Å². The highest BCUT2D eigenvalue weighted by atomic mass is 32.2. The first kappa shape index (κ1) is 108.